The monoisotopic (exact) mass is 150 g/mol. The molecule has 0 unspecified atom stereocenters. The fourth-order valence-corrected chi connectivity index (χ4v) is 0.662. The van der Waals surface area contributed by atoms with Gasteiger partial charge in [0.2, 0.25) is 0 Å². The summed E-state index contributed by atoms with van der Waals surface area (Å²) in [4.78, 5) is 14.1. The Bertz CT molecular complexity index is 330. The topological polar surface area (TPSA) is 55.1 Å². The molecule has 0 aliphatic carbocycles. The van der Waals surface area contributed by atoms with Gasteiger partial charge in [-0.1, -0.05) is 5.92 Å². The van der Waals surface area contributed by atoms with Gasteiger partial charge in [-0.05, 0) is 12.8 Å². The highest BCUT2D eigenvalue weighted by Crippen LogP contribution is 1.93. The minimum atomic E-state index is -1.07. The average molecular weight is 150 g/mol. The molecule has 0 saturated heterocycles. The predicted octanol–water partition coefficient (Wildman–Crippen LogP) is 0.781. The molecule has 56 valence electrons. The maximum Gasteiger partial charge on any atom is 0.417 e. The summed E-state index contributed by atoms with van der Waals surface area (Å²) < 4.78 is 0.969. The van der Waals surface area contributed by atoms with Gasteiger partial charge in [-0.3, -0.25) is 0 Å². The zero-order chi connectivity index (χ0) is 8.27. The molecule has 1 aromatic heterocycles. The van der Waals surface area contributed by atoms with E-state index in [2.05, 4.69) is 16.8 Å². The number of imidazole rings is 1. The van der Waals surface area contributed by atoms with Crippen LogP contribution < -0.4 is 0 Å². The summed E-state index contributed by atoms with van der Waals surface area (Å²) in [6, 6.07) is 0. The Morgan fingerprint density at radius 1 is 1.82 bits per heavy atom. The lowest BCUT2D eigenvalue weighted by Crippen LogP contribution is -2.08. The number of nitrogens with zero attached hydrogens (tertiary/aromatic N) is 2. The maximum atomic E-state index is 10.4. The van der Waals surface area contributed by atoms with Gasteiger partial charge in [0.15, 0.2) is 5.82 Å². The number of carbonyl (C=O) groups is 1. The van der Waals surface area contributed by atoms with Gasteiger partial charge in [0.25, 0.3) is 0 Å². The van der Waals surface area contributed by atoms with Crippen molar-refractivity contribution in [3.8, 4) is 11.8 Å². The molecule has 4 nitrogen and oxygen atoms in total. The van der Waals surface area contributed by atoms with Gasteiger partial charge in [-0.15, -0.1) is 0 Å². The molecule has 0 aliphatic heterocycles. The van der Waals surface area contributed by atoms with Crippen LogP contribution in [0.2, 0.25) is 0 Å². The van der Waals surface area contributed by atoms with Crippen molar-refractivity contribution in [2.75, 3.05) is 0 Å². The highest BCUT2D eigenvalue weighted by molar-refractivity contribution is 5.69. The second-order valence-corrected chi connectivity index (χ2v) is 1.78. The molecule has 4 heteroatoms. The van der Waals surface area contributed by atoms with Crippen LogP contribution in [0.5, 0.6) is 0 Å². The molecule has 11 heavy (non-hydrogen) atoms. The number of rotatable bonds is 0. The van der Waals surface area contributed by atoms with E-state index in [1.165, 1.54) is 12.4 Å². The summed E-state index contributed by atoms with van der Waals surface area (Å²) in [6.07, 6.45) is 1.68. The van der Waals surface area contributed by atoms with Crippen LogP contribution >= 0.6 is 0 Å². The number of hydrogen-bond donors (Lipinski definition) is 1. The van der Waals surface area contributed by atoms with Gasteiger partial charge in [-0.25, -0.2) is 14.3 Å². The molecule has 0 bridgehead atoms. The normalized spacial score (nSPS) is 8.45. The van der Waals surface area contributed by atoms with Gasteiger partial charge < -0.3 is 5.11 Å². The van der Waals surface area contributed by atoms with E-state index in [9.17, 15) is 4.79 Å². The summed E-state index contributed by atoms with van der Waals surface area (Å²) in [7, 11) is 0. The second-order valence-electron chi connectivity index (χ2n) is 1.78. The molecule has 1 heterocycles. The Labute approximate surface area is 63.5 Å². The molecular formula is C7H6N2O2. The first-order valence-electron chi connectivity index (χ1n) is 2.95. The molecule has 1 aromatic rings. The SMILES string of the molecule is CC#Cc1nccn1C(=O)O. The van der Waals surface area contributed by atoms with E-state index < -0.39 is 6.09 Å². The highest BCUT2D eigenvalue weighted by atomic mass is 16.4. The van der Waals surface area contributed by atoms with E-state index in [0.29, 0.717) is 0 Å². The van der Waals surface area contributed by atoms with Crippen LogP contribution in [0.3, 0.4) is 0 Å². The smallest absolute Gasteiger partial charge is 0.417 e. The third-order valence-electron chi connectivity index (χ3n) is 1.08. The highest BCUT2D eigenvalue weighted by Gasteiger charge is 2.04. The minimum Gasteiger partial charge on any atom is -0.464 e. The lowest BCUT2D eigenvalue weighted by Gasteiger charge is -1.92. The van der Waals surface area contributed by atoms with Crippen LogP contribution in [0.1, 0.15) is 12.7 Å². The lowest BCUT2D eigenvalue weighted by atomic mass is 10.5. The largest absolute Gasteiger partial charge is 0.464 e. The van der Waals surface area contributed by atoms with Gasteiger partial charge in [-0.2, -0.15) is 0 Å². The fraction of sp³-hybridized carbons (Fsp3) is 0.143. The van der Waals surface area contributed by atoms with E-state index in [4.69, 9.17) is 5.11 Å². The maximum absolute atomic E-state index is 10.4. The van der Waals surface area contributed by atoms with Crippen LogP contribution in [0, 0.1) is 11.8 Å². The van der Waals surface area contributed by atoms with Crippen molar-refractivity contribution in [3.05, 3.63) is 18.2 Å². The quantitative estimate of drug-likeness (QED) is 0.556. The van der Waals surface area contributed by atoms with E-state index in [1.54, 1.807) is 6.92 Å². The number of carboxylic acid groups (broad SMARTS) is 1. The molecule has 0 spiro atoms. The van der Waals surface area contributed by atoms with Crippen LogP contribution in [0.15, 0.2) is 12.4 Å². The van der Waals surface area contributed by atoms with Crippen LogP contribution in [-0.2, 0) is 0 Å². The Kier molecular flexibility index (Phi) is 1.93. The summed E-state index contributed by atoms with van der Waals surface area (Å²) in [5, 5.41) is 8.54. The van der Waals surface area contributed by atoms with Crippen LogP contribution in [0.4, 0.5) is 4.79 Å². The van der Waals surface area contributed by atoms with Crippen molar-refractivity contribution in [1.29, 1.82) is 0 Å². The first kappa shape index (κ1) is 7.35. The van der Waals surface area contributed by atoms with E-state index in [0.717, 1.165) is 4.57 Å². The summed E-state index contributed by atoms with van der Waals surface area (Å²) in [6.45, 7) is 1.63. The van der Waals surface area contributed by atoms with E-state index >= 15 is 0 Å². The van der Waals surface area contributed by atoms with E-state index in [-0.39, 0.29) is 5.82 Å². The lowest BCUT2D eigenvalue weighted by molar-refractivity contribution is 0.196. The van der Waals surface area contributed by atoms with Crippen molar-refractivity contribution < 1.29 is 9.90 Å². The van der Waals surface area contributed by atoms with Crippen LogP contribution in [-0.4, -0.2) is 20.8 Å². The Hall–Kier alpha value is -1.76. The fourth-order valence-electron chi connectivity index (χ4n) is 0.662. The van der Waals surface area contributed by atoms with Gasteiger partial charge in [0, 0.05) is 12.4 Å². The molecule has 0 aliphatic rings. The second kappa shape index (κ2) is 2.88. The third-order valence-corrected chi connectivity index (χ3v) is 1.08. The Balaban J connectivity index is 3.12. The van der Waals surface area contributed by atoms with Crippen molar-refractivity contribution in [2.24, 2.45) is 0 Å². The van der Waals surface area contributed by atoms with Crippen molar-refractivity contribution >= 4 is 6.09 Å². The molecule has 0 fully saturated rings. The molecule has 0 amide bonds. The average Bonchev–Trinajstić information content (AvgIpc) is 2.36. The molecule has 0 saturated carbocycles. The first-order chi connectivity index (χ1) is 5.25. The molecule has 1 N–H and O–H groups in total. The Morgan fingerprint density at radius 3 is 3.09 bits per heavy atom. The summed E-state index contributed by atoms with van der Waals surface area (Å²) >= 11 is 0. The van der Waals surface area contributed by atoms with Crippen molar-refractivity contribution in [3.63, 3.8) is 0 Å². The summed E-state index contributed by atoms with van der Waals surface area (Å²) in [5.74, 6) is 5.38. The zero-order valence-electron chi connectivity index (χ0n) is 5.90. The zero-order valence-corrected chi connectivity index (χ0v) is 5.90. The molecule has 0 atom stereocenters. The van der Waals surface area contributed by atoms with Crippen molar-refractivity contribution in [1.82, 2.24) is 9.55 Å². The van der Waals surface area contributed by atoms with Gasteiger partial charge >= 0.3 is 6.09 Å². The first-order valence-corrected chi connectivity index (χ1v) is 2.95. The predicted molar refractivity (Wildman–Crippen MR) is 38.2 cm³/mol. The Morgan fingerprint density at radius 2 is 2.55 bits per heavy atom. The molecule has 0 radical (unpaired) electrons. The molecular weight excluding hydrogens is 144 g/mol. The standard InChI is InChI=1S/C7H6N2O2/c1-2-3-6-8-4-5-9(6)7(10)11/h4-5H,1H3,(H,10,11). The molecule has 1 rings (SSSR count). The minimum absolute atomic E-state index is 0.250. The molecule has 0 aromatic carbocycles. The van der Waals surface area contributed by atoms with Gasteiger partial charge in [0.05, 0.1) is 0 Å². The van der Waals surface area contributed by atoms with Gasteiger partial charge in [0.1, 0.15) is 0 Å². The summed E-state index contributed by atoms with van der Waals surface area (Å²) in [5.41, 5.74) is 0. The van der Waals surface area contributed by atoms with Crippen molar-refractivity contribution in [2.45, 2.75) is 6.92 Å². The third kappa shape index (κ3) is 1.38. The number of aromatic nitrogens is 2. The number of hydrogen-bond acceptors (Lipinski definition) is 2. The van der Waals surface area contributed by atoms with Crippen LogP contribution in [0.25, 0.3) is 0 Å². The van der Waals surface area contributed by atoms with E-state index in [1.807, 2.05) is 0 Å².